The van der Waals surface area contributed by atoms with Crippen molar-refractivity contribution < 1.29 is 31.4 Å². The van der Waals surface area contributed by atoms with Gasteiger partial charge in [-0.05, 0) is 66.7 Å². The van der Waals surface area contributed by atoms with Gasteiger partial charge in [0.1, 0.15) is 11.4 Å². The van der Waals surface area contributed by atoms with Crippen molar-refractivity contribution in [1.82, 2.24) is 0 Å². The third-order valence-electron chi connectivity index (χ3n) is 4.68. The van der Waals surface area contributed by atoms with Crippen LogP contribution in [0, 0.1) is 0 Å². The number of aliphatic hydroxyl groups is 1. The first-order valence-corrected chi connectivity index (χ1v) is 10.1. The van der Waals surface area contributed by atoms with E-state index in [4.69, 9.17) is 4.74 Å². The van der Waals surface area contributed by atoms with Gasteiger partial charge in [-0.25, -0.2) is 4.58 Å². The molecule has 2 aromatic carbocycles. The summed E-state index contributed by atoms with van der Waals surface area (Å²) >= 11 is 5.31. The van der Waals surface area contributed by atoms with E-state index in [2.05, 4.69) is 25.4 Å². The van der Waals surface area contributed by atoms with Gasteiger partial charge < -0.3 is 26.8 Å². The first kappa shape index (κ1) is 19.7. The second-order valence-electron chi connectivity index (χ2n) is 6.26. The second kappa shape index (κ2) is 7.92. The van der Waals surface area contributed by atoms with Crippen LogP contribution in [-0.4, -0.2) is 40.8 Å². The molecule has 0 aliphatic carbocycles. The topological polar surface area (TPSA) is 35.7 Å². The standard InChI is InChI=1S/C19H20BrN2O2S.BrH/c1-24-17-9-3-14(4-10-17)19(23)13-21-11-2-12-25-18(21)22(19)16-7-5-15(20)6-8-16;/h3-10,23H,2,11-13H2,1H3;1H/q+1;/p-1. The molecule has 138 valence electrons. The molecular formula is C19H20Br2N2O2S. The molecule has 0 spiro atoms. The lowest BCUT2D eigenvalue weighted by molar-refractivity contribution is -0.532. The lowest BCUT2D eigenvalue weighted by Crippen LogP contribution is -3.00. The van der Waals surface area contributed by atoms with Crippen LogP contribution in [0.15, 0.2) is 53.0 Å². The highest BCUT2D eigenvalue weighted by Crippen LogP contribution is 2.40. The Balaban J connectivity index is 0.00000196. The molecule has 4 nitrogen and oxygen atoms in total. The van der Waals surface area contributed by atoms with Gasteiger partial charge in [0.15, 0.2) is 6.54 Å². The Morgan fingerprint density at radius 1 is 1.15 bits per heavy atom. The number of anilines is 1. The summed E-state index contributed by atoms with van der Waals surface area (Å²) in [6.45, 7) is 1.55. The van der Waals surface area contributed by atoms with E-state index in [0.717, 1.165) is 45.4 Å². The highest BCUT2D eigenvalue weighted by molar-refractivity contribution is 9.10. The molecule has 1 N–H and O–H groups in total. The smallest absolute Gasteiger partial charge is 0.316 e. The van der Waals surface area contributed by atoms with E-state index in [1.165, 1.54) is 0 Å². The summed E-state index contributed by atoms with van der Waals surface area (Å²) in [5.41, 5.74) is 0.777. The Labute approximate surface area is 176 Å². The quantitative estimate of drug-likeness (QED) is 0.628. The van der Waals surface area contributed by atoms with Gasteiger partial charge in [0.2, 0.25) is 0 Å². The first-order chi connectivity index (χ1) is 12.1. The zero-order chi connectivity index (χ0) is 17.4. The van der Waals surface area contributed by atoms with Crippen molar-refractivity contribution >= 4 is 38.5 Å². The van der Waals surface area contributed by atoms with Crippen molar-refractivity contribution in [2.75, 3.05) is 30.9 Å². The summed E-state index contributed by atoms with van der Waals surface area (Å²) in [5.74, 6) is 1.87. The van der Waals surface area contributed by atoms with Gasteiger partial charge in [-0.15, -0.1) is 0 Å². The number of hydrogen-bond donors (Lipinski definition) is 1. The lowest BCUT2D eigenvalue weighted by Gasteiger charge is -2.28. The van der Waals surface area contributed by atoms with Crippen molar-refractivity contribution in [2.45, 2.75) is 12.1 Å². The number of halogens is 2. The van der Waals surface area contributed by atoms with Gasteiger partial charge >= 0.3 is 5.17 Å². The monoisotopic (exact) mass is 498 g/mol. The molecule has 2 heterocycles. The maximum absolute atomic E-state index is 11.7. The van der Waals surface area contributed by atoms with Gasteiger partial charge in [-0.2, -0.15) is 4.90 Å². The van der Waals surface area contributed by atoms with Crippen molar-refractivity contribution in [3.05, 3.63) is 58.6 Å². The van der Waals surface area contributed by atoms with E-state index in [1.54, 1.807) is 7.11 Å². The predicted octanol–water partition coefficient (Wildman–Crippen LogP) is 0.632. The normalized spacial score (nSPS) is 22.0. The fourth-order valence-electron chi connectivity index (χ4n) is 3.45. The van der Waals surface area contributed by atoms with Crippen molar-refractivity contribution in [1.29, 1.82) is 0 Å². The Kier molecular flexibility index (Phi) is 6.01. The summed E-state index contributed by atoms with van der Waals surface area (Å²) < 4.78 is 8.59. The van der Waals surface area contributed by atoms with E-state index in [0.29, 0.717) is 6.54 Å². The largest absolute Gasteiger partial charge is 1.00 e. The second-order valence-corrected chi connectivity index (χ2v) is 8.24. The number of thioether (sulfide) groups is 1. The van der Waals surface area contributed by atoms with Crippen LogP contribution in [0.5, 0.6) is 5.75 Å². The van der Waals surface area contributed by atoms with Crippen LogP contribution in [0.2, 0.25) is 0 Å². The van der Waals surface area contributed by atoms with E-state index in [9.17, 15) is 5.11 Å². The molecule has 7 heteroatoms. The molecule has 0 amide bonds. The minimum absolute atomic E-state index is 0. The van der Waals surface area contributed by atoms with Crippen LogP contribution in [0.4, 0.5) is 5.69 Å². The molecule has 0 aromatic heterocycles. The lowest BCUT2D eigenvalue weighted by atomic mass is 10.0. The predicted molar refractivity (Wildman–Crippen MR) is 106 cm³/mol. The number of rotatable bonds is 3. The fraction of sp³-hybridized carbons (Fsp3) is 0.316. The van der Waals surface area contributed by atoms with Gasteiger partial charge in [0.05, 0.1) is 13.7 Å². The molecule has 1 unspecified atom stereocenters. The molecule has 1 atom stereocenters. The SMILES string of the molecule is COc1ccc(C2(O)C[N+]3=C(SCCC3)N2c2ccc(Br)cc2)cc1.[Br-]. The number of benzene rings is 2. The Morgan fingerprint density at radius 3 is 2.50 bits per heavy atom. The number of ether oxygens (including phenoxy) is 1. The molecule has 2 aliphatic rings. The first-order valence-electron chi connectivity index (χ1n) is 8.29. The van der Waals surface area contributed by atoms with Crippen LogP contribution in [0.25, 0.3) is 0 Å². The van der Waals surface area contributed by atoms with Crippen molar-refractivity contribution in [3.8, 4) is 5.75 Å². The molecule has 0 bridgehead atoms. The van der Waals surface area contributed by atoms with E-state index >= 15 is 0 Å². The molecule has 0 radical (unpaired) electrons. The summed E-state index contributed by atoms with van der Waals surface area (Å²) in [5, 5.41) is 12.9. The minimum atomic E-state index is -1.09. The number of hydrogen-bond acceptors (Lipinski definition) is 4. The Morgan fingerprint density at radius 2 is 1.85 bits per heavy atom. The van der Waals surface area contributed by atoms with Gasteiger partial charge in [-0.3, -0.25) is 0 Å². The molecule has 4 rings (SSSR count). The third-order valence-corrected chi connectivity index (χ3v) is 6.40. The average Bonchev–Trinajstić information content (AvgIpc) is 2.96. The molecule has 26 heavy (non-hydrogen) atoms. The Bertz CT molecular complexity index is 811. The summed E-state index contributed by atoms with van der Waals surface area (Å²) in [6.07, 6.45) is 1.14. The number of methoxy groups -OCH3 is 1. The number of amidine groups is 1. The maximum Gasteiger partial charge on any atom is 0.316 e. The van der Waals surface area contributed by atoms with E-state index in [1.807, 2.05) is 60.3 Å². The third kappa shape index (κ3) is 3.42. The molecular weight excluding hydrogens is 480 g/mol. The molecule has 2 aromatic rings. The zero-order valence-electron chi connectivity index (χ0n) is 14.4. The van der Waals surface area contributed by atoms with Crippen LogP contribution in [-0.2, 0) is 5.72 Å². The van der Waals surface area contributed by atoms with Gasteiger partial charge in [-0.1, -0.05) is 15.9 Å². The van der Waals surface area contributed by atoms with Crippen LogP contribution < -0.4 is 26.6 Å². The average molecular weight is 500 g/mol. The zero-order valence-corrected chi connectivity index (χ0v) is 18.3. The fourth-order valence-corrected chi connectivity index (χ4v) is 4.89. The number of nitrogens with zero attached hydrogens (tertiary/aromatic N) is 2. The minimum Gasteiger partial charge on any atom is -1.00 e. The van der Waals surface area contributed by atoms with Crippen molar-refractivity contribution in [3.63, 3.8) is 0 Å². The van der Waals surface area contributed by atoms with Gasteiger partial charge in [0.25, 0.3) is 5.72 Å². The summed E-state index contributed by atoms with van der Waals surface area (Å²) in [7, 11) is 1.65. The maximum atomic E-state index is 11.7. The van der Waals surface area contributed by atoms with E-state index in [-0.39, 0.29) is 17.0 Å². The highest BCUT2D eigenvalue weighted by Gasteiger charge is 2.55. The summed E-state index contributed by atoms with van der Waals surface area (Å²) in [6, 6.07) is 15.8. The molecule has 2 aliphatic heterocycles. The van der Waals surface area contributed by atoms with Gasteiger partial charge in [0, 0.05) is 15.8 Å². The van der Waals surface area contributed by atoms with E-state index < -0.39 is 5.72 Å². The van der Waals surface area contributed by atoms with Crippen LogP contribution in [0.1, 0.15) is 12.0 Å². The van der Waals surface area contributed by atoms with Crippen LogP contribution in [0.3, 0.4) is 0 Å². The molecule has 0 saturated carbocycles. The summed E-state index contributed by atoms with van der Waals surface area (Å²) in [4.78, 5) is 2.07. The molecule has 0 fully saturated rings. The van der Waals surface area contributed by atoms with Crippen molar-refractivity contribution in [2.24, 2.45) is 0 Å². The molecule has 0 saturated heterocycles. The van der Waals surface area contributed by atoms with Crippen LogP contribution >= 0.6 is 27.7 Å². The Hall–Kier alpha value is -1.02. The highest BCUT2D eigenvalue weighted by atomic mass is 79.9.